The van der Waals surface area contributed by atoms with Gasteiger partial charge in [0.15, 0.2) is 5.69 Å². The number of carboxylic acid groups (broad SMARTS) is 1. The Morgan fingerprint density at radius 1 is 1.30 bits per heavy atom. The first-order valence-electron chi connectivity index (χ1n) is 5.40. The van der Waals surface area contributed by atoms with Gasteiger partial charge in [-0.2, -0.15) is 18.3 Å². The third-order valence-corrected chi connectivity index (χ3v) is 2.79. The lowest BCUT2D eigenvalue weighted by Crippen LogP contribution is -2.12. The second-order valence-electron chi connectivity index (χ2n) is 4.00. The van der Waals surface area contributed by atoms with Crippen molar-refractivity contribution < 1.29 is 23.1 Å². The minimum atomic E-state index is -4.69. The molecule has 0 aliphatic heterocycles. The van der Waals surface area contributed by atoms with Gasteiger partial charge in [0, 0.05) is 11.1 Å². The molecule has 2 aromatic rings. The van der Waals surface area contributed by atoms with Gasteiger partial charge in [-0.05, 0) is 17.7 Å². The van der Waals surface area contributed by atoms with E-state index in [9.17, 15) is 18.0 Å². The first-order valence-corrected chi connectivity index (χ1v) is 5.78. The number of alkyl halides is 3. The van der Waals surface area contributed by atoms with Gasteiger partial charge in [-0.1, -0.05) is 23.7 Å². The van der Waals surface area contributed by atoms with E-state index in [0.717, 1.165) is 4.68 Å². The summed E-state index contributed by atoms with van der Waals surface area (Å²) < 4.78 is 38.5. The molecule has 0 saturated carbocycles. The molecule has 8 heteroatoms. The van der Waals surface area contributed by atoms with E-state index < -0.39 is 23.5 Å². The molecule has 0 saturated heterocycles. The Balaban J connectivity index is 2.37. The molecule has 106 valence electrons. The Labute approximate surface area is 116 Å². The Bertz CT molecular complexity index is 635. The molecule has 20 heavy (non-hydrogen) atoms. The highest BCUT2D eigenvalue weighted by Crippen LogP contribution is 2.28. The number of halogens is 4. The molecular weight excluding hydrogens is 297 g/mol. The van der Waals surface area contributed by atoms with Crippen LogP contribution in [0.25, 0.3) is 0 Å². The van der Waals surface area contributed by atoms with E-state index in [0.29, 0.717) is 16.7 Å². The summed E-state index contributed by atoms with van der Waals surface area (Å²) >= 11 is 5.70. The highest BCUT2D eigenvalue weighted by molar-refractivity contribution is 6.30. The van der Waals surface area contributed by atoms with Gasteiger partial charge in [-0.3, -0.25) is 4.68 Å². The van der Waals surface area contributed by atoms with E-state index >= 15 is 0 Å². The molecule has 0 bridgehead atoms. The smallest absolute Gasteiger partial charge is 0.435 e. The maximum atomic E-state index is 12.6. The van der Waals surface area contributed by atoms with Crippen LogP contribution in [0.15, 0.2) is 30.3 Å². The summed E-state index contributed by atoms with van der Waals surface area (Å²) in [5, 5.41) is 12.7. The maximum absolute atomic E-state index is 12.6. The summed E-state index contributed by atoms with van der Waals surface area (Å²) in [6.45, 7) is -0.0884. The molecule has 1 aromatic heterocycles. The van der Waals surface area contributed by atoms with Crippen molar-refractivity contribution in [1.82, 2.24) is 9.78 Å². The SMILES string of the molecule is O=C(O)c1cc(C(F)(F)F)nn1Cc1ccc(Cl)cc1. The number of hydrogen-bond acceptors (Lipinski definition) is 2. The topological polar surface area (TPSA) is 55.1 Å². The molecule has 0 radical (unpaired) electrons. The summed E-state index contributed by atoms with van der Waals surface area (Å²) in [5.41, 5.74) is -1.16. The standard InChI is InChI=1S/C12H8ClF3N2O2/c13-8-3-1-7(2-4-8)6-18-9(11(19)20)5-10(17-18)12(14,15)16/h1-5H,6H2,(H,19,20). The lowest BCUT2D eigenvalue weighted by Gasteiger charge is -2.05. The molecule has 0 aliphatic carbocycles. The van der Waals surface area contributed by atoms with Crippen molar-refractivity contribution in [2.75, 3.05) is 0 Å². The number of benzene rings is 1. The van der Waals surface area contributed by atoms with E-state index in [4.69, 9.17) is 16.7 Å². The van der Waals surface area contributed by atoms with Crippen LogP contribution in [0, 0.1) is 0 Å². The first kappa shape index (κ1) is 14.4. The van der Waals surface area contributed by atoms with Crippen molar-refractivity contribution in [3.63, 3.8) is 0 Å². The normalized spacial score (nSPS) is 11.6. The Morgan fingerprint density at radius 2 is 1.90 bits per heavy atom. The number of rotatable bonds is 3. The van der Waals surface area contributed by atoms with Gasteiger partial charge in [0.2, 0.25) is 0 Å². The quantitative estimate of drug-likeness (QED) is 0.946. The molecule has 1 heterocycles. The Hall–Kier alpha value is -2.02. The third-order valence-electron chi connectivity index (χ3n) is 2.54. The summed E-state index contributed by atoms with van der Waals surface area (Å²) in [7, 11) is 0. The van der Waals surface area contributed by atoms with Crippen LogP contribution in [-0.4, -0.2) is 20.9 Å². The third kappa shape index (κ3) is 3.11. The number of nitrogens with zero attached hydrogens (tertiary/aromatic N) is 2. The van der Waals surface area contributed by atoms with Gasteiger partial charge in [0.05, 0.1) is 6.54 Å². The van der Waals surface area contributed by atoms with Crippen LogP contribution in [0.4, 0.5) is 13.2 Å². The zero-order valence-corrected chi connectivity index (χ0v) is 10.6. The van der Waals surface area contributed by atoms with Crippen molar-refractivity contribution >= 4 is 17.6 Å². The van der Waals surface area contributed by atoms with Gasteiger partial charge in [0.1, 0.15) is 5.69 Å². The van der Waals surface area contributed by atoms with E-state index in [-0.39, 0.29) is 6.54 Å². The fourth-order valence-corrected chi connectivity index (χ4v) is 1.74. The molecule has 0 amide bonds. The molecule has 1 N–H and O–H groups in total. The fraction of sp³-hybridized carbons (Fsp3) is 0.167. The van der Waals surface area contributed by atoms with Crippen LogP contribution in [0.3, 0.4) is 0 Å². The molecule has 1 aromatic carbocycles. The predicted octanol–water partition coefficient (Wildman–Crippen LogP) is 3.30. The Kier molecular flexibility index (Phi) is 3.71. The molecule has 0 atom stereocenters. The average molecular weight is 305 g/mol. The number of hydrogen-bond donors (Lipinski definition) is 1. The van der Waals surface area contributed by atoms with Crippen LogP contribution in [0.5, 0.6) is 0 Å². The van der Waals surface area contributed by atoms with Gasteiger partial charge in [-0.25, -0.2) is 4.79 Å². The molecule has 4 nitrogen and oxygen atoms in total. The van der Waals surface area contributed by atoms with E-state index in [1.807, 2.05) is 0 Å². The summed E-state index contributed by atoms with van der Waals surface area (Å²) in [5.74, 6) is -1.47. The molecule has 0 spiro atoms. The van der Waals surface area contributed by atoms with E-state index in [1.165, 1.54) is 0 Å². The molecular formula is C12H8ClF3N2O2. The van der Waals surface area contributed by atoms with Gasteiger partial charge >= 0.3 is 12.1 Å². The van der Waals surface area contributed by atoms with Gasteiger partial charge < -0.3 is 5.11 Å². The van der Waals surface area contributed by atoms with Crippen LogP contribution >= 0.6 is 11.6 Å². The number of aromatic carboxylic acids is 1. The minimum Gasteiger partial charge on any atom is -0.477 e. The van der Waals surface area contributed by atoms with Crippen molar-refractivity contribution in [2.45, 2.75) is 12.7 Å². The zero-order chi connectivity index (χ0) is 14.9. The average Bonchev–Trinajstić information content (AvgIpc) is 2.76. The van der Waals surface area contributed by atoms with Crippen LogP contribution < -0.4 is 0 Å². The minimum absolute atomic E-state index is 0.0884. The molecule has 0 unspecified atom stereocenters. The summed E-state index contributed by atoms with van der Waals surface area (Å²) in [4.78, 5) is 11.0. The van der Waals surface area contributed by atoms with Crippen LogP contribution in [0.2, 0.25) is 5.02 Å². The summed E-state index contributed by atoms with van der Waals surface area (Å²) in [6, 6.07) is 6.81. The number of aromatic nitrogens is 2. The summed E-state index contributed by atoms with van der Waals surface area (Å²) in [6.07, 6.45) is -4.69. The van der Waals surface area contributed by atoms with Gasteiger partial charge in [-0.15, -0.1) is 0 Å². The van der Waals surface area contributed by atoms with Crippen LogP contribution in [-0.2, 0) is 12.7 Å². The highest BCUT2D eigenvalue weighted by atomic mass is 35.5. The maximum Gasteiger partial charge on any atom is 0.435 e. The zero-order valence-electron chi connectivity index (χ0n) is 9.86. The second kappa shape index (κ2) is 5.16. The lowest BCUT2D eigenvalue weighted by molar-refractivity contribution is -0.141. The molecule has 2 rings (SSSR count). The van der Waals surface area contributed by atoms with Crippen LogP contribution in [0.1, 0.15) is 21.7 Å². The number of carbonyl (C=O) groups is 1. The van der Waals surface area contributed by atoms with Crippen molar-refractivity contribution in [3.05, 3.63) is 52.3 Å². The number of carboxylic acids is 1. The van der Waals surface area contributed by atoms with Crippen molar-refractivity contribution in [2.24, 2.45) is 0 Å². The highest BCUT2D eigenvalue weighted by Gasteiger charge is 2.35. The molecule has 0 fully saturated rings. The Morgan fingerprint density at radius 3 is 2.40 bits per heavy atom. The fourth-order valence-electron chi connectivity index (χ4n) is 1.61. The molecule has 0 aliphatic rings. The lowest BCUT2D eigenvalue weighted by atomic mass is 10.2. The second-order valence-corrected chi connectivity index (χ2v) is 4.44. The largest absolute Gasteiger partial charge is 0.477 e. The van der Waals surface area contributed by atoms with E-state index in [1.54, 1.807) is 24.3 Å². The van der Waals surface area contributed by atoms with Crippen molar-refractivity contribution in [3.8, 4) is 0 Å². The first-order chi connectivity index (χ1) is 9.27. The van der Waals surface area contributed by atoms with Crippen molar-refractivity contribution in [1.29, 1.82) is 0 Å². The predicted molar refractivity (Wildman–Crippen MR) is 64.7 cm³/mol. The van der Waals surface area contributed by atoms with E-state index in [2.05, 4.69) is 5.10 Å². The monoisotopic (exact) mass is 304 g/mol. The van der Waals surface area contributed by atoms with Gasteiger partial charge in [0.25, 0.3) is 0 Å².